The Morgan fingerprint density at radius 1 is 1.21 bits per heavy atom. The third kappa shape index (κ3) is 7.50. The molecule has 2 rings (SSSR count). The molecule has 0 heterocycles. The third-order valence-corrected chi connectivity index (χ3v) is 4.80. The number of hydrogen-bond donors (Lipinski definition) is 1. The highest BCUT2D eigenvalue weighted by atomic mass is 35.5. The lowest BCUT2D eigenvalue weighted by Crippen LogP contribution is -2.25. The van der Waals surface area contributed by atoms with Crippen LogP contribution in [0.2, 0.25) is 5.02 Å². The molecule has 0 saturated heterocycles. The number of esters is 1. The van der Waals surface area contributed by atoms with Crippen LogP contribution in [0.3, 0.4) is 0 Å². The molecule has 0 amide bonds. The van der Waals surface area contributed by atoms with Gasteiger partial charge in [0, 0.05) is 24.8 Å². The fraction of sp³-hybridized carbons (Fsp3) is 0.381. The van der Waals surface area contributed by atoms with E-state index >= 15 is 0 Å². The molecular weight excluding hydrogens is 469 g/mol. The highest BCUT2D eigenvalue weighted by molar-refractivity contribution is 6.32. The summed E-state index contributed by atoms with van der Waals surface area (Å²) in [6, 6.07) is 6.20. The number of anilines is 1. The molecule has 180 valence electrons. The second-order valence-electron chi connectivity index (χ2n) is 7.05. The van der Waals surface area contributed by atoms with Gasteiger partial charge in [-0.2, -0.15) is 13.2 Å². The van der Waals surface area contributed by atoms with Gasteiger partial charge in [0.1, 0.15) is 17.2 Å². The number of halogens is 4. The normalized spacial score (nSPS) is 13.2. The summed E-state index contributed by atoms with van der Waals surface area (Å²) in [6.07, 6.45) is -4.89. The van der Waals surface area contributed by atoms with E-state index in [0.29, 0.717) is 6.42 Å². The first kappa shape index (κ1) is 26.2. The molecule has 0 fully saturated rings. The first-order valence-corrected chi connectivity index (χ1v) is 10.1. The Labute approximate surface area is 192 Å². The van der Waals surface area contributed by atoms with Gasteiger partial charge in [0.15, 0.2) is 6.10 Å². The van der Waals surface area contributed by atoms with Crippen molar-refractivity contribution in [1.29, 1.82) is 0 Å². The molecule has 0 aliphatic carbocycles. The van der Waals surface area contributed by atoms with Crippen molar-refractivity contribution in [2.45, 2.75) is 38.6 Å². The lowest BCUT2D eigenvalue weighted by molar-refractivity contribution is -0.384. The van der Waals surface area contributed by atoms with Crippen molar-refractivity contribution >= 4 is 28.9 Å². The van der Waals surface area contributed by atoms with Crippen molar-refractivity contribution in [3.63, 3.8) is 0 Å². The number of nitro groups is 1. The topological polar surface area (TPSA) is 99.9 Å². The number of ether oxygens (including phenoxy) is 3. The molecule has 1 N–H and O–H groups in total. The fourth-order valence-electron chi connectivity index (χ4n) is 2.73. The number of hydrogen-bond acceptors (Lipinski definition) is 7. The number of nitro benzene ring substituents is 1. The summed E-state index contributed by atoms with van der Waals surface area (Å²) in [5.74, 6) is -0.423. The smallest absolute Gasteiger partial charge is 0.416 e. The van der Waals surface area contributed by atoms with Crippen LogP contribution in [0, 0.1) is 10.1 Å². The molecule has 0 aliphatic rings. The third-order valence-electron chi connectivity index (χ3n) is 4.51. The van der Waals surface area contributed by atoms with E-state index in [4.69, 9.17) is 21.1 Å². The fourth-order valence-corrected chi connectivity index (χ4v) is 2.95. The highest BCUT2D eigenvalue weighted by Crippen LogP contribution is 2.38. The van der Waals surface area contributed by atoms with E-state index in [-0.39, 0.29) is 40.5 Å². The minimum absolute atomic E-state index is 0.0392. The Kier molecular flexibility index (Phi) is 8.89. The summed E-state index contributed by atoms with van der Waals surface area (Å²) in [6.45, 7) is 3.49. The first-order chi connectivity index (χ1) is 15.4. The number of methoxy groups -OCH3 is 1. The van der Waals surface area contributed by atoms with Crippen molar-refractivity contribution in [2.24, 2.45) is 0 Å². The van der Waals surface area contributed by atoms with Gasteiger partial charge in [-0.25, -0.2) is 4.79 Å². The van der Waals surface area contributed by atoms with Gasteiger partial charge in [0.2, 0.25) is 0 Å². The minimum atomic E-state index is -4.55. The van der Waals surface area contributed by atoms with Crippen molar-refractivity contribution in [1.82, 2.24) is 0 Å². The van der Waals surface area contributed by atoms with Gasteiger partial charge in [-0.15, -0.1) is 0 Å². The van der Waals surface area contributed by atoms with Crippen LogP contribution in [0.1, 0.15) is 25.8 Å². The molecule has 12 heteroatoms. The largest absolute Gasteiger partial charge is 0.467 e. The minimum Gasteiger partial charge on any atom is -0.467 e. The summed E-state index contributed by atoms with van der Waals surface area (Å²) < 4.78 is 53.9. The molecule has 0 radical (unpaired) electrons. The maximum atomic E-state index is 12.8. The number of carbonyl (C=O) groups is 1. The van der Waals surface area contributed by atoms with Crippen molar-refractivity contribution < 1.29 is 37.1 Å². The van der Waals surface area contributed by atoms with Crippen LogP contribution in [0.15, 0.2) is 36.4 Å². The van der Waals surface area contributed by atoms with Gasteiger partial charge < -0.3 is 19.5 Å². The number of alkyl halides is 3. The van der Waals surface area contributed by atoms with Gasteiger partial charge in [-0.05, 0) is 44.5 Å². The van der Waals surface area contributed by atoms with Gasteiger partial charge in [-0.3, -0.25) is 10.1 Å². The number of benzene rings is 2. The molecular formula is C21H22ClF3N2O6. The molecule has 2 unspecified atom stereocenters. The zero-order chi connectivity index (χ0) is 24.8. The summed E-state index contributed by atoms with van der Waals surface area (Å²) in [5.41, 5.74) is -1.02. The average molecular weight is 491 g/mol. The Bertz CT molecular complexity index is 1000. The van der Waals surface area contributed by atoms with E-state index in [1.165, 1.54) is 25.3 Å². The highest BCUT2D eigenvalue weighted by Gasteiger charge is 2.31. The maximum absolute atomic E-state index is 12.8. The van der Waals surface area contributed by atoms with E-state index in [0.717, 1.165) is 18.2 Å². The SMILES string of the molecule is COC(=O)C(C)OCCC(C)Nc1cc(Oc2ccc(C(F)(F)F)cc2Cl)ccc1[N+](=O)[O-]. The van der Waals surface area contributed by atoms with Crippen LogP contribution >= 0.6 is 11.6 Å². The van der Waals surface area contributed by atoms with E-state index in [9.17, 15) is 28.1 Å². The molecule has 8 nitrogen and oxygen atoms in total. The summed E-state index contributed by atoms with van der Waals surface area (Å²) in [7, 11) is 1.25. The molecule has 0 aromatic heterocycles. The zero-order valence-electron chi connectivity index (χ0n) is 17.9. The lowest BCUT2D eigenvalue weighted by Gasteiger charge is -2.18. The molecule has 33 heavy (non-hydrogen) atoms. The molecule has 2 aromatic carbocycles. The van der Waals surface area contributed by atoms with E-state index < -0.39 is 28.7 Å². The van der Waals surface area contributed by atoms with Crippen LogP contribution < -0.4 is 10.1 Å². The zero-order valence-corrected chi connectivity index (χ0v) is 18.7. The van der Waals surface area contributed by atoms with Crippen LogP contribution in [-0.2, 0) is 20.4 Å². The Morgan fingerprint density at radius 2 is 1.91 bits per heavy atom. The van der Waals surface area contributed by atoms with Crippen LogP contribution in [0.5, 0.6) is 11.5 Å². The molecule has 0 aliphatic heterocycles. The van der Waals surface area contributed by atoms with Crippen molar-refractivity contribution in [2.75, 3.05) is 19.0 Å². The van der Waals surface area contributed by atoms with Crippen LogP contribution in [0.25, 0.3) is 0 Å². The predicted molar refractivity (Wildman–Crippen MR) is 115 cm³/mol. The second-order valence-corrected chi connectivity index (χ2v) is 7.46. The number of nitrogens with zero attached hydrogens (tertiary/aromatic N) is 1. The Morgan fingerprint density at radius 3 is 2.48 bits per heavy atom. The maximum Gasteiger partial charge on any atom is 0.416 e. The quantitative estimate of drug-likeness (QED) is 0.254. The Hall–Kier alpha value is -3.05. The second kappa shape index (κ2) is 11.2. The van der Waals surface area contributed by atoms with Crippen molar-refractivity contribution in [3.8, 4) is 11.5 Å². The number of carbonyl (C=O) groups excluding carboxylic acids is 1. The summed E-state index contributed by atoms with van der Waals surface area (Å²) in [5, 5.41) is 14.1. The first-order valence-electron chi connectivity index (χ1n) is 9.71. The molecule has 2 atom stereocenters. The van der Waals surface area contributed by atoms with E-state index in [1.807, 2.05) is 0 Å². The van der Waals surface area contributed by atoms with Gasteiger partial charge in [0.05, 0.1) is 22.6 Å². The number of nitrogens with one attached hydrogen (secondary N) is 1. The number of rotatable bonds is 10. The Balaban J connectivity index is 2.13. The lowest BCUT2D eigenvalue weighted by atomic mass is 10.2. The molecule has 0 saturated carbocycles. The standard InChI is InChI=1S/C21H22ClF3N2O6/c1-12(8-9-32-13(2)20(28)31-3)26-17-11-15(5-6-18(17)27(29)30)33-19-7-4-14(10-16(19)22)21(23,24)25/h4-7,10-13,26H,8-9H2,1-3H3. The van der Waals surface area contributed by atoms with Gasteiger partial charge in [0.25, 0.3) is 5.69 Å². The predicted octanol–water partition coefficient (Wildman–Crippen LogP) is 5.83. The van der Waals surface area contributed by atoms with Gasteiger partial charge >= 0.3 is 12.1 Å². The summed E-state index contributed by atoms with van der Waals surface area (Å²) in [4.78, 5) is 22.2. The van der Waals surface area contributed by atoms with Gasteiger partial charge in [-0.1, -0.05) is 11.6 Å². The van der Waals surface area contributed by atoms with Crippen LogP contribution in [0.4, 0.5) is 24.5 Å². The van der Waals surface area contributed by atoms with E-state index in [1.54, 1.807) is 13.8 Å². The van der Waals surface area contributed by atoms with Crippen LogP contribution in [-0.4, -0.2) is 36.8 Å². The molecule has 0 spiro atoms. The van der Waals surface area contributed by atoms with E-state index in [2.05, 4.69) is 10.1 Å². The average Bonchev–Trinajstić information content (AvgIpc) is 2.73. The molecule has 0 bridgehead atoms. The van der Waals surface area contributed by atoms with Crippen molar-refractivity contribution in [3.05, 3.63) is 57.1 Å². The molecule has 2 aromatic rings. The monoisotopic (exact) mass is 490 g/mol. The summed E-state index contributed by atoms with van der Waals surface area (Å²) >= 11 is 5.91.